The van der Waals surface area contributed by atoms with Gasteiger partial charge in [-0.15, -0.1) is 0 Å². The summed E-state index contributed by atoms with van der Waals surface area (Å²) in [6.07, 6.45) is 6.54. The van der Waals surface area contributed by atoms with Crippen LogP contribution < -0.4 is 32.3 Å². The van der Waals surface area contributed by atoms with Crippen LogP contribution in [0.25, 0.3) is 21.8 Å². The molecular formula is C45H64N8O7S. The number of carboxylic acid groups (broad SMARTS) is 1. The molecule has 16 heteroatoms. The van der Waals surface area contributed by atoms with E-state index >= 15 is 0 Å². The second-order valence-electron chi connectivity index (χ2n) is 17.0. The lowest BCUT2D eigenvalue weighted by atomic mass is 9.99. The van der Waals surface area contributed by atoms with Crippen LogP contribution in [0.4, 0.5) is 0 Å². The van der Waals surface area contributed by atoms with Gasteiger partial charge in [0.05, 0.1) is 6.04 Å². The molecule has 0 unspecified atom stereocenters. The highest BCUT2D eigenvalue weighted by molar-refractivity contribution is 7.98. The zero-order chi connectivity index (χ0) is 44.8. The first-order valence-electron chi connectivity index (χ1n) is 21.1. The Kier molecular flexibility index (Phi) is 18.2. The standard InChI is InChI=1S/C45H64N8O7S/c1-25(2)18-32(46)40(54)49-35(16-17-61-7)41(55)51-37(21-28-23-47-33-14-10-8-12-30(28)33)44(58)52-38(22-29-24-48-34-15-11-9-13-31(29)34)43(57)50-36(19-26(3)4)42(56)53-39(45(59)60)20-27(5)6/h8-15,23-27,32,35-39,47-48H,16-22,46H2,1-7H3,(H,49,54)(H,50,57)(H,51,55)(H,52,58)(H,53,56)(H,59,60)/t32-,35-,36-,37-,38-,39-/m0/s1. The third kappa shape index (κ3) is 14.4. The van der Waals surface area contributed by atoms with E-state index in [4.69, 9.17) is 5.73 Å². The largest absolute Gasteiger partial charge is 0.480 e. The summed E-state index contributed by atoms with van der Waals surface area (Å²) in [6, 6.07) is 8.50. The van der Waals surface area contributed by atoms with Crippen molar-refractivity contribution in [2.75, 3.05) is 12.0 Å². The molecule has 6 atom stereocenters. The minimum Gasteiger partial charge on any atom is -0.480 e. The number of H-pyrrole nitrogens is 2. The summed E-state index contributed by atoms with van der Waals surface area (Å²) in [7, 11) is 0. The van der Waals surface area contributed by atoms with Crippen molar-refractivity contribution < 1.29 is 33.9 Å². The lowest BCUT2D eigenvalue weighted by Crippen LogP contribution is -2.60. The number of carbonyl (C=O) groups is 6. The Labute approximate surface area is 362 Å². The molecule has 5 amide bonds. The fourth-order valence-electron chi connectivity index (χ4n) is 7.34. The summed E-state index contributed by atoms with van der Waals surface area (Å²) in [6.45, 7) is 11.4. The van der Waals surface area contributed by atoms with E-state index in [9.17, 15) is 33.9 Å². The van der Waals surface area contributed by atoms with Crippen LogP contribution in [0, 0.1) is 17.8 Å². The molecule has 4 rings (SSSR count). The van der Waals surface area contributed by atoms with E-state index < -0.39 is 71.8 Å². The van der Waals surface area contributed by atoms with Gasteiger partial charge in [-0.25, -0.2) is 4.79 Å². The van der Waals surface area contributed by atoms with Crippen molar-refractivity contribution in [1.82, 2.24) is 36.6 Å². The average molecular weight is 861 g/mol. The molecular weight excluding hydrogens is 797 g/mol. The SMILES string of the molecule is CSCC[C@H](NC(=O)[C@@H](N)CC(C)C)C(=O)N[C@@H](Cc1c[nH]c2ccccc12)C(=O)N[C@@H](Cc1c[nH]c2ccccc12)C(=O)N[C@@H](CC(C)C)C(=O)N[C@@H](CC(C)C)C(=O)O. The van der Waals surface area contributed by atoms with Crippen LogP contribution in [0.2, 0.25) is 0 Å². The van der Waals surface area contributed by atoms with Gasteiger partial charge in [0.1, 0.15) is 30.2 Å². The maximum Gasteiger partial charge on any atom is 0.326 e. The van der Waals surface area contributed by atoms with Gasteiger partial charge < -0.3 is 47.4 Å². The first-order chi connectivity index (χ1) is 29.0. The van der Waals surface area contributed by atoms with Crippen molar-refractivity contribution >= 4 is 69.1 Å². The zero-order valence-electron chi connectivity index (χ0n) is 36.3. The number of benzene rings is 2. The fourth-order valence-corrected chi connectivity index (χ4v) is 7.81. The number of fused-ring (bicyclic) bond motifs is 2. The van der Waals surface area contributed by atoms with E-state index in [2.05, 4.69) is 36.6 Å². The third-order valence-corrected chi connectivity index (χ3v) is 11.1. The van der Waals surface area contributed by atoms with E-state index in [1.807, 2.05) is 96.3 Å². The molecule has 332 valence electrons. The molecule has 0 spiro atoms. The smallest absolute Gasteiger partial charge is 0.326 e. The van der Waals surface area contributed by atoms with Crippen molar-refractivity contribution in [2.24, 2.45) is 23.5 Å². The summed E-state index contributed by atoms with van der Waals surface area (Å²) in [4.78, 5) is 88.7. The minimum atomic E-state index is -1.25. The van der Waals surface area contributed by atoms with Crippen LogP contribution in [-0.2, 0) is 41.6 Å². The number of rotatable bonds is 24. The van der Waals surface area contributed by atoms with Gasteiger partial charge >= 0.3 is 5.97 Å². The lowest BCUT2D eigenvalue weighted by Gasteiger charge is -2.28. The molecule has 0 fully saturated rings. The summed E-state index contributed by atoms with van der Waals surface area (Å²) >= 11 is 1.50. The maximum atomic E-state index is 14.7. The average Bonchev–Trinajstić information content (AvgIpc) is 3.81. The fraction of sp³-hybridized carbons (Fsp3) is 0.511. The highest BCUT2D eigenvalue weighted by Gasteiger charge is 2.34. The first-order valence-corrected chi connectivity index (χ1v) is 22.5. The van der Waals surface area contributed by atoms with Gasteiger partial charge in [-0.1, -0.05) is 77.9 Å². The first kappa shape index (κ1) is 48.3. The predicted molar refractivity (Wildman–Crippen MR) is 241 cm³/mol. The molecule has 10 N–H and O–H groups in total. The Morgan fingerprint density at radius 1 is 0.574 bits per heavy atom. The molecule has 0 radical (unpaired) electrons. The number of nitrogens with one attached hydrogen (secondary N) is 7. The van der Waals surface area contributed by atoms with Gasteiger partial charge in [0, 0.05) is 47.0 Å². The highest BCUT2D eigenvalue weighted by atomic mass is 32.2. The van der Waals surface area contributed by atoms with Crippen LogP contribution in [-0.4, -0.2) is 98.8 Å². The second-order valence-corrected chi connectivity index (χ2v) is 18.0. The number of aromatic amines is 2. The molecule has 15 nitrogen and oxygen atoms in total. The van der Waals surface area contributed by atoms with Crippen LogP contribution >= 0.6 is 11.8 Å². The molecule has 61 heavy (non-hydrogen) atoms. The lowest BCUT2D eigenvalue weighted by molar-refractivity contribution is -0.143. The van der Waals surface area contributed by atoms with Gasteiger partial charge in [-0.3, -0.25) is 24.0 Å². The Morgan fingerprint density at radius 3 is 1.43 bits per heavy atom. The quantitative estimate of drug-likeness (QED) is 0.0491. The van der Waals surface area contributed by atoms with Crippen molar-refractivity contribution in [3.63, 3.8) is 0 Å². The number of hydrogen-bond acceptors (Lipinski definition) is 8. The van der Waals surface area contributed by atoms with Gasteiger partial charge in [0.25, 0.3) is 0 Å². The van der Waals surface area contributed by atoms with E-state index in [0.717, 1.165) is 32.9 Å². The van der Waals surface area contributed by atoms with Crippen LogP contribution in [0.1, 0.15) is 78.4 Å². The summed E-state index contributed by atoms with van der Waals surface area (Å²) in [5, 5.41) is 25.6. The van der Waals surface area contributed by atoms with Gasteiger partial charge in [0.15, 0.2) is 0 Å². The molecule has 0 saturated heterocycles. The molecule has 2 heterocycles. The normalized spacial score (nSPS) is 14.6. The monoisotopic (exact) mass is 860 g/mol. The Bertz CT molecular complexity index is 2110. The molecule has 0 saturated carbocycles. The van der Waals surface area contributed by atoms with Gasteiger partial charge in [-0.05, 0) is 78.7 Å². The Balaban J connectivity index is 1.70. The van der Waals surface area contributed by atoms with Crippen LogP contribution in [0.3, 0.4) is 0 Å². The second kappa shape index (κ2) is 23.0. The van der Waals surface area contributed by atoms with Crippen LogP contribution in [0.5, 0.6) is 0 Å². The molecule has 0 aliphatic carbocycles. The topological polar surface area (TPSA) is 240 Å². The van der Waals surface area contributed by atoms with Gasteiger partial charge in [0.2, 0.25) is 29.5 Å². The number of amides is 5. The molecule has 2 aromatic heterocycles. The van der Waals surface area contributed by atoms with Gasteiger partial charge in [-0.2, -0.15) is 11.8 Å². The molecule has 4 aromatic rings. The van der Waals surface area contributed by atoms with E-state index in [1.54, 1.807) is 12.4 Å². The molecule has 2 aromatic carbocycles. The Morgan fingerprint density at radius 2 is 0.967 bits per heavy atom. The number of thioether (sulfide) groups is 1. The summed E-state index contributed by atoms with van der Waals surface area (Å²) in [5.74, 6) is -3.62. The van der Waals surface area contributed by atoms with E-state index in [-0.39, 0.29) is 49.9 Å². The number of carbonyl (C=O) groups excluding carboxylic acids is 5. The van der Waals surface area contributed by atoms with E-state index in [1.165, 1.54) is 11.8 Å². The Hall–Kier alpha value is -5.35. The molecule has 0 aliphatic heterocycles. The molecule has 0 aliphatic rings. The number of hydrogen-bond donors (Lipinski definition) is 9. The maximum absolute atomic E-state index is 14.7. The van der Waals surface area contributed by atoms with Crippen LogP contribution in [0.15, 0.2) is 60.9 Å². The van der Waals surface area contributed by atoms with Crippen molar-refractivity contribution in [1.29, 1.82) is 0 Å². The minimum absolute atomic E-state index is 0.0105. The number of nitrogens with two attached hydrogens (primary N) is 1. The third-order valence-electron chi connectivity index (χ3n) is 10.4. The highest BCUT2D eigenvalue weighted by Crippen LogP contribution is 2.22. The van der Waals surface area contributed by atoms with Crippen molar-refractivity contribution in [3.8, 4) is 0 Å². The number of aromatic nitrogens is 2. The van der Waals surface area contributed by atoms with E-state index in [0.29, 0.717) is 12.2 Å². The number of carboxylic acids is 1. The number of para-hydroxylation sites is 2. The summed E-state index contributed by atoms with van der Waals surface area (Å²) in [5.41, 5.74) is 9.30. The number of aliphatic carboxylic acids is 1. The predicted octanol–water partition coefficient (Wildman–Crippen LogP) is 4.16. The van der Waals surface area contributed by atoms with Crippen molar-refractivity contribution in [2.45, 2.75) is 116 Å². The zero-order valence-corrected chi connectivity index (χ0v) is 37.1. The summed E-state index contributed by atoms with van der Waals surface area (Å²) < 4.78 is 0. The molecule has 0 bridgehead atoms. The van der Waals surface area contributed by atoms with Crippen molar-refractivity contribution in [3.05, 3.63) is 72.1 Å².